The van der Waals surface area contributed by atoms with E-state index in [1.54, 1.807) is 12.1 Å². The fourth-order valence-electron chi connectivity index (χ4n) is 1.28. The highest BCUT2D eigenvalue weighted by atomic mass is 16.4. The average molecular weight is 251 g/mol. The Morgan fingerprint density at radius 3 is 2.61 bits per heavy atom. The Morgan fingerprint density at radius 1 is 1.39 bits per heavy atom. The van der Waals surface area contributed by atoms with Gasteiger partial charge in [-0.25, -0.2) is 0 Å². The molecular weight excluding hydrogens is 238 g/mol. The molecule has 0 saturated carbocycles. The van der Waals surface area contributed by atoms with Gasteiger partial charge in [-0.2, -0.15) is 0 Å². The molecule has 4 N–H and O–H groups in total. The largest absolute Gasteiger partial charge is 0.481 e. The van der Waals surface area contributed by atoms with Crippen molar-refractivity contribution in [2.24, 2.45) is 5.73 Å². The highest BCUT2D eigenvalue weighted by Crippen LogP contribution is 2.00. The molecule has 7 heteroatoms. The fourth-order valence-corrected chi connectivity index (χ4v) is 1.28. The van der Waals surface area contributed by atoms with E-state index in [4.69, 9.17) is 10.8 Å². The normalized spacial score (nSPS) is 11.6. The third-order valence-electron chi connectivity index (χ3n) is 2.19. The van der Waals surface area contributed by atoms with E-state index in [1.165, 1.54) is 12.3 Å². The molecule has 0 aromatic carbocycles. The van der Waals surface area contributed by atoms with Gasteiger partial charge in [0.05, 0.1) is 0 Å². The average Bonchev–Trinajstić information content (AvgIpc) is 2.34. The Balaban J connectivity index is 2.64. The zero-order valence-electron chi connectivity index (χ0n) is 9.50. The standard InChI is InChI=1S/C11H13N3O4/c12-10(17)7(4-5-9(15)16)14-11(18)8-3-1-2-6-13-8/h1-3,6-7H,4-5H2,(H2,12,17)(H,14,18)(H,15,16)/t7-/m1/s1. The van der Waals surface area contributed by atoms with Gasteiger partial charge in [0, 0.05) is 12.6 Å². The number of nitrogens with one attached hydrogen (secondary N) is 1. The number of carboxylic acid groups (broad SMARTS) is 1. The molecule has 96 valence electrons. The highest BCUT2D eigenvalue weighted by Gasteiger charge is 2.20. The molecule has 1 aromatic heterocycles. The van der Waals surface area contributed by atoms with Crippen LogP contribution in [0.1, 0.15) is 23.3 Å². The van der Waals surface area contributed by atoms with Crippen molar-refractivity contribution in [2.75, 3.05) is 0 Å². The van der Waals surface area contributed by atoms with Crippen molar-refractivity contribution < 1.29 is 19.5 Å². The monoisotopic (exact) mass is 251 g/mol. The number of aliphatic carboxylic acids is 1. The summed E-state index contributed by atoms with van der Waals surface area (Å²) in [5, 5.41) is 10.9. The zero-order chi connectivity index (χ0) is 13.5. The molecule has 7 nitrogen and oxygen atoms in total. The van der Waals surface area contributed by atoms with Crippen LogP contribution in [-0.2, 0) is 9.59 Å². The quantitative estimate of drug-likeness (QED) is 0.630. The summed E-state index contributed by atoms with van der Waals surface area (Å²) in [6, 6.07) is 3.73. The van der Waals surface area contributed by atoms with E-state index < -0.39 is 23.8 Å². The third-order valence-corrected chi connectivity index (χ3v) is 2.19. The minimum absolute atomic E-state index is 0.0523. The van der Waals surface area contributed by atoms with Crippen molar-refractivity contribution in [3.63, 3.8) is 0 Å². The Kier molecular flexibility index (Phi) is 4.79. The molecule has 0 spiro atoms. The number of rotatable bonds is 6. The van der Waals surface area contributed by atoms with E-state index in [2.05, 4.69) is 10.3 Å². The van der Waals surface area contributed by atoms with E-state index in [-0.39, 0.29) is 18.5 Å². The van der Waals surface area contributed by atoms with Gasteiger partial charge >= 0.3 is 5.97 Å². The summed E-state index contributed by atoms with van der Waals surface area (Å²) in [6.45, 7) is 0. The maximum Gasteiger partial charge on any atom is 0.303 e. The number of nitrogens with zero attached hydrogens (tertiary/aromatic N) is 1. The number of amides is 2. The molecule has 0 aliphatic carbocycles. The summed E-state index contributed by atoms with van der Waals surface area (Å²) in [6.07, 6.45) is 1.13. The van der Waals surface area contributed by atoms with Gasteiger partial charge < -0.3 is 16.2 Å². The minimum atomic E-state index is -1.06. The lowest BCUT2D eigenvalue weighted by molar-refractivity contribution is -0.137. The first-order valence-corrected chi connectivity index (χ1v) is 5.23. The molecule has 0 radical (unpaired) electrons. The van der Waals surface area contributed by atoms with Gasteiger partial charge in [0.15, 0.2) is 0 Å². The molecule has 1 aromatic rings. The second-order valence-corrected chi connectivity index (χ2v) is 3.58. The van der Waals surface area contributed by atoms with Gasteiger partial charge in [-0.05, 0) is 18.6 Å². The topological polar surface area (TPSA) is 122 Å². The smallest absolute Gasteiger partial charge is 0.303 e. The summed E-state index contributed by atoms with van der Waals surface area (Å²) >= 11 is 0. The van der Waals surface area contributed by atoms with Crippen molar-refractivity contribution in [1.82, 2.24) is 10.3 Å². The zero-order valence-corrected chi connectivity index (χ0v) is 9.50. The second kappa shape index (κ2) is 6.33. The minimum Gasteiger partial charge on any atom is -0.481 e. The van der Waals surface area contributed by atoms with Crippen LogP contribution in [0, 0.1) is 0 Å². The maximum atomic E-state index is 11.7. The van der Waals surface area contributed by atoms with Crippen LogP contribution in [0.5, 0.6) is 0 Å². The summed E-state index contributed by atoms with van der Waals surface area (Å²) in [5.41, 5.74) is 5.22. The van der Waals surface area contributed by atoms with Gasteiger partial charge in [0.25, 0.3) is 5.91 Å². The number of hydrogen-bond acceptors (Lipinski definition) is 4. The Bertz CT molecular complexity index is 447. The van der Waals surface area contributed by atoms with Crippen LogP contribution >= 0.6 is 0 Å². The number of hydrogen-bond donors (Lipinski definition) is 3. The van der Waals surface area contributed by atoms with Gasteiger partial charge in [-0.3, -0.25) is 19.4 Å². The molecule has 0 fully saturated rings. The number of nitrogens with two attached hydrogens (primary N) is 1. The van der Waals surface area contributed by atoms with Crippen LogP contribution in [0.4, 0.5) is 0 Å². The maximum absolute atomic E-state index is 11.7. The van der Waals surface area contributed by atoms with Crippen LogP contribution in [0.2, 0.25) is 0 Å². The molecule has 0 saturated heterocycles. The highest BCUT2D eigenvalue weighted by molar-refractivity contribution is 5.95. The number of pyridine rings is 1. The number of primary amides is 1. The lowest BCUT2D eigenvalue weighted by Crippen LogP contribution is -2.44. The molecule has 1 heterocycles. The molecule has 0 aliphatic heterocycles. The van der Waals surface area contributed by atoms with E-state index in [0.717, 1.165) is 0 Å². The molecule has 0 unspecified atom stereocenters. The van der Waals surface area contributed by atoms with Gasteiger partial charge in [0.1, 0.15) is 11.7 Å². The Hall–Kier alpha value is -2.44. The SMILES string of the molecule is NC(=O)[C@@H](CCC(=O)O)NC(=O)c1ccccn1. The molecule has 1 rings (SSSR count). The van der Waals surface area contributed by atoms with Crippen LogP contribution in [0.25, 0.3) is 0 Å². The molecule has 2 amide bonds. The van der Waals surface area contributed by atoms with E-state index in [9.17, 15) is 14.4 Å². The summed E-state index contributed by atoms with van der Waals surface area (Å²) < 4.78 is 0. The molecule has 0 aliphatic rings. The number of carbonyl (C=O) groups is 3. The lowest BCUT2D eigenvalue weighted by atomic mass is 10.1. The summed E-state index contributed by atoms with van der Waals surface area (Å²) in [5.74, 6) is -2.40. The summed E-state index contributed by atoms with van der Waals surface area (Å²) in [4.78, 5) is 37.0. The van der Waals surface area contributed by atoms with E-state index in [1.807, 2.05) is 0 Å². The second-order valence-electron chi connectivity index (χ2n) is 3.58. The van der Waals surface area contributed by atoms with Crippen LogP contribution < -0.4 is 11.1 Å². The lowest BCUT2D eigenvalue weighted by Gasteiger charge is -2.13. The predicted octanol–water partition coefficient (Wildman–Crippen LogP) is -0.470. The van der Waals surface area contributed by atoms with Crippen LogP contribution in [0.3, 0.4) is 0 Å². The van der Waals surface area contributed by atoms with Gasteiger partial charge in [-0.15, -0.1) is 0 Å². The number of aromatic nitrogens is 1. The van der Waals surface area contributed by atoms with Crippen molar-refractivity contribution in [2.45, 2.75) is 18.9 Å². The van der Waals surface area contributed by atoms with Gasteiger partial charge in [0.2, 0.25) is 5.91 Å². The van der Waals surface area contributed by atoms with Crippen LogP contribution in [-0.4, -0.2) is 33.9 Å². The van der Waals surface area contributed by atoms with E-state index in [0.29, 0.717) is 0 Å². The Morgan fingerprint density at radius 2 is 2.11 bits per heavy atom. The molecule has 0 bridgehead atoms. The van der Waals surface area contributed by atoms with Crippen molar-refractivity contribution in [3.8, 4) is 0 Å². The number of carboxylic acids is 1. The number of carbonyl (C=O) groups excluding carboxylic acids is 2. The van der Waals surface area contributed by atoms with Crippen molar-refractivity contribution in [3.05, 3.63) is 30.1 Å². The first-order chi connectivity index (χ1) is 8.50. The Labute approximate surface area is 103 Å². The third kappa shape index (κ3) is 4.20. The molecule has 18 heavy (non-hydrogen) atoms. The predicted molar refractivity (Wildman–Crippen MR) is 61.6 cm³/mol. The van der Waals surface area contributed by atoms with E-state index >= 15 is 0 Å². The summed E-state index contributed by atoms with van der Waals surface area (Å²) in [7, 11) is 0. The molecular formula is C11H13N3O4. The first-order valence-electron chi connectivity index (χ1n) is 5.23. The molecule has 1 atom stereocenters. The van der Waals surface area contributed by atoms with Gasteiger partial charge in [-0.1, -0.05) is 6.07 Å². The van der Waals surface area contributed by atoms with Crippen LogP contribution in [0.15, 0.2) is 24.4 Å². The van der Waals surface area contributed by atoms with Crippen molar-refractivity contribution in [1.29, 1.82) is 0 Å². The van der Waals surface area contributed by atoms with Crippen molar-refractivity contribution >= 4 is 17.8 Å². The first kappa shape index (κ1) is 13.6. The fraction of sp³-hybridized carbons (Fsp3) is 0.273.